The van der Waals surface area contributed by atoms with Gasteiger partial charge in [0.2, 0.25) is 0 Å². The van der Waals surface area contributed by atoms with Gasteiger partial charge in [-0.2, -0.15) is 0 Å². The van der Waals surface area contributed by atoms with Crippen LogP contribution in [-0.2, 0) is 14.3 Å². The number of hydrogen-bond acceptors (Lipinski definition) is 4. The third-order valence-electron chi connectivity index (χ3n) is 3.35. The highest BCUT2D eigenvalue weighted by molar-refractivity contribution is 9.10. The lowest BCUT2D eigenvalue weighted by molar-refractivity contribution is -0.146. The van der Waals surface area contributed by atoms with Crippen molar-refractivity contribution >= 4 is 27.6 Å². The first-order valence-electron chi connectivity index (χ1n) is 6.97. The van der Waals surface area contributed by atoms with Crippen molar-refractivity contribution in [1.29, 1.82) is 0 Å². The smallest absolute Gasteiger partial charge is 0.328 e. The molecule has 1 fully saturated rings. The van der Waals surface area contributed by atoms with Crippen LogP contribution in [0.25, 0.3) is 0 Å². The Labute approximate surface area is 128 Å². The lowest BCUT2D eigenvalue weighted by Crippen LogP contribution is -2.42. The lowest BCUT2D eigenvalue weighted by atomic mass is 9.93. The summed E-state index contributed by atoms with van der Waals surface area (Å²) < 4.78 is 11.7. The Balaban J connectivity index is 2.10. The first-order valence-corrected chi connectivity index (χ1v) is 7.76. The molecule has 1 aromatic rings. The van der Waals surface area contributed by atoms with Crippen molar-refractivity contribution in [2.24, 2.45) is 5.92 Å². The Bertz CT molecular complexity index is 446. The SMILES string of the molecule is CCOC(=O)C(Nc1cccc(Br)c1)C1CCCOC1. The number of benzene rings is 1. The van der Waals surface area contributed by atoms with E-state index in [0.717, 1.165) is 29.6 Å². The summed E-state index contributed by atoms with van der Waals surface area (Å²) in [5, 5.41) is 3.29. The summed E-state index contributed by atoms with van der Waals surface area (Å²) in [5.41, 5.74) is 0.906. The minimum atomic E-state index is -0.357. The maximum Gasteiger partial charge on any atom is 0.328 e. The largest absolute Gasteiger partial charge is 0.464 e. The van der Waals surface area contributed by atoms with Gasteiger partial charge in [-0.15, -0.1) is 0 Å². The molecule has 2 unspecified atom stereocenters. The van der Waals surface area contributed by atoms with Crippen molar-refractivity contribution in [3.8, 4) is 0 Å². The molecule has 2 atom stereocenters. The highest BCUT2D eigenvalue weighted by atomic mass is 79.9. The fraction of sp³-hybridized carbons (Fsp3) is 0.533. The molecule has 1 saturated heterocycles. The molecule has 5 heteroatoms. The summed E-state index contributed by atoms with van der Waals surface area (Å²) in [7, 11) is 0. The van der Waals surface area contributed by atoms with Crippen molar-refractivity contribution in [3.05, 3.63) is 28.7 Å². The topological polar surface area (TPSA) is 47.6 Å². The van der Waals surface area contributed by atoms with E-state index in [2.05, 4.69) is 21.2 Å². The maximum absolute atomic E-state index is 12.2. The van der Waals surface area contributed by atoms with E-state index in [1.54, 1.807) is 0 Å². The van der Waals surface area contributed by atoms with Crippen molar-refractivity contribution in [3.63, 3.8) is 0 Å². The molecule has 0 amide bonds. The second-order valence-corrected chi connectivity index (χ2v) is 5.78. The van der Waals surface area contributed by atoms with Crippen LogP contribution in [0.2, 0.25) is 0 Å². The normalized spacial score (nSPS) is 20.2. The van der Waals surface area contributed by atoms with Gasteiger partial charge in [-0.1, -0.05) is 22.0 Å². The first-order chi connectivity index (χ1) is 9.70. The number of halogens is 1. The fourth-order valence-electron chi connectivity index (χ4n) is 2.39. The van der Waals surface area contributed by atoms with Gasteiger partial charge >= 0.3 is 5.97 Å². The third-order valence-corrected chi connectivity index (χ3v) is 3.85. The molecular weight excluding hydrogens is 322 g/mol. The van der Waals surface area contributed by atoms with Gasteiger partial charge in [0.1, 0.15) is 6.04 Å². The van der Waals surface area contributed by atoms with Crippen LogP contribution in [0.5, 0.6) is 0 Å². The molecule has 1 aliphatic rings. The molecule has 0 bridgehead atoms. The number of ether oxygens (including phenoxy) is 2. The zero-order valence-electron chi connectivity index (χ0n) is 11.6. The van der Waals surface area contributed by atoms with Gasteiger partial charge in [-0.05, 0) is 38.0 Å². The van der Waals surface area contributed by atoms with Crippen LogP contribution in [-0.4, -0.2) is 31.8 Å². The van der Waals surface area contributed by atoms with Crippen LogP contribution in [0, 0.1) is 5.92 Å². The summed E-state index contributed by atoms with van der Waals surface area (Å²) in [6.45, 7) is 3.60. The molecule has 1 heterocycles. The standard InChI is InChI=1S/C15H20BrNO3/c1-2-20-15(18)14(11-5-4-8-19-10-11)17-13-7-3-6-12(16)9-13/h3,6-7,9,11,14,17H,2,4-5,8,10H2,1H3. The molecule has 20 heavy (non-hydrogen) atoms. The number of hydrogen-bond donors (Lipinski definition) is 1. The number of rotatable bonds is 5. The third kappa shape index (κ3) is 4.21. The molecule has 0 saturated carbocycles. The summed E-state index contributed by atoms with van der Waals surface area (Å²) in [5.74, 6) is -0.0512. The number of esters is 1. The highest BCUT2D eigenvalue weighted by Gasteiger charge is 2.31. The molecule has 1 aliphatic heterocycles. The second-order valence-electron chi connectivity index (χ2n) is 4.86. The van der Waals surface area contributed by atoms with Crippen LogP contribution < -0.4 is 5.32 Å². The summed E-state index contributed by atoms with van der Waals surface area (Å²) in [6, 6.07) is 7.43. The minimum absolute atomic E-state index is 0.154. The van der Waals surface area contributed by atoms with Crippen molar-refractivity contribution in [2.75, 3.05) is 25.1 Å². The number of carbonyl (C=O) groups is 1. The highest BCUT2D eigenvalue weighted by Crippen LogP contribution is 2.23. The summed E-state index contributed by atoms with van der Waals surface area (Å²) in [4.78, 5) is 12.2. The van der Waals surface area contributed by atoms with Gasteiger partial charge in [0.15, 0.2) is 0 Å². The van der Waals surface area contributed by atoms with Crippen LogP contribution in [0.3, 0.4) is 0 Å². The van der Waals surface area contributed by atoms with Gasteiger partial charge in [-0.25, -0.2) is 4.79 Å². The predicted octanol–water partition coefficient (Wildman–Crippen LogP) is 3.22. The maximum atomic E-state index is 12.2. The zero-order valence-corrected chi connectivity index (χ0v) is 13.2. The van der Waals surface area contributed by atoms with Crippen LogP contribution in [0.1, 0.15) is 19.8 Å². The predicted molar refractivity (Wildman–Crippen MR) is 81.7 cm³/mol. The van der Waals surface area contributed by atoms with E-state index in [1.165, 1.54) is 0 Å². The van der Waals surface area contributed by atoms with Gasteiger partial charge in [0.05, 0.1) is 13.2 Å². The van der Waals surface area contributed by atoms with Gasteiger partial charge in [0, 0.05) is 22.7 Å². The van der Waals surface area contributed by atoms with Gasteiger partial charge < -0.3 is 14.8 Å². The molecule has 0 radical (unpaired) electrons. The Kier molecular flexibility index (Phi) is 5.86. The molecule has 110 valence electrons. The molecule has 0 aromatic heterocycles. The van der Waals surface area contributed by atoms with E-state index in [-0.39, 0.29) is 17.9 Å². The Morgan fingerprint density at radius 3 is 3.10 bits per heavy atom. The van der Waals surface area contributed by atoms with Crippen LogP contribution >= 0.6 is 15.9 Å². The van der Waals surface area contributed by atoms with E-state index in [4.69, 9.17) is 9.47 Å². The average Bonchev–Trinajstić information content (AvgIpc) is 2.46. The fourth-order valence-corrected chi connectivity index (χ4v) is 2.79. The van der Waals surface area contributed by atoms with Crippen molar-refractivity contribution in [2.45, 2.75) is 25.8 Å². The zero-order chi connectivity index (χ0) is 14.4. The van der Waals surface area contributed by atoms with E-state index >= 15 is 0 Å². The number of anilines is 1. The van der Waals surface area contributed by atoms with Crippen LogP contribution in [0.15, 0.2) is 28.7 Å². The molecular formula is C15H20BrNO3. The molecule has 1 aromatic carbocycles. The Hall–Kier alpha value is -1.07. The molecule has 2 rings (SSSR count). The molecule has 4 nitrogen and oxygen atoms in total. The van der Waals surface area contributed by atoms with E-state index < -0.39 is 0 Å². The average molecular weight is 342 g/mol. The van der Waals surface area contributed by atoms with Gasteiger partial charge in [0.25, 0.3) is 0 Å². The minimum Gasteiger partial charge on any atom is -0.464 e. The molecule has 0 spiro atoms. The monoisotopic (exact) mass is 341 g/mol. The van der Waals surface area contributed by atoms with E-state index in [1.807, 2.05) is 31.2 Å². The Morgan fingerprint density at radius 1 is 1.60 bits per heavy atom. The van der Waals surface area contributed by atoms with Gasteiger partial charge in [-0.3, -0.25) is 0 Å². The van der Waals surface area contributed by atoms with E-state index in [0.29, 0.717) is 13.2 Å². The number of carbonyl (C=O) groups excluding carboxylic acids is 1. The quantitative estimate of drug-likeness (QED) is 0.835. The molecule has 1 N–H and O–H groups in total. The Morgan fingerprint density at radius 2 is 2.45 bits per heavy atom. The van der Waals surface area contributed by atoms with Crippen molar-refractivity contribution in [1.82, 2.24) is 0 Å². The lowest BCUT2D eigenvalue weighted by Gasteiger charge is -2.30. The summed E-state index contributed by atoms with van der Waals surface area (Å²) >= 11 is 3.43. The molecule has 0 aliphatic carbocycles. The first kappa shape index (κ1) is 15.3. The number of nitrogens with one attached hydrogen (secondary N) is 1. The van der Waals surface area contributed by atoms with Crippen LogP contribution in [0.4, 0.5) is 5.69 Å². The van der Waals surface area contributed by atoms with Crippen molar-refractivity contribution < 1.29 is 14.3 Å². The second kappa shape index (κ2) is 7.64. The summed E-state index contributed by atoms with van der Waals surface area (Å²) in [6.07, 6.45) is 1.96. The van der Waals surface area contributed by atoms with E-state index in [9.17, 15) is 4.79 Å².